The molecule has 0 radical (unpaired) electrons. The van der Waals surface area contributed by atoms with Crippen LogP contribution in [0.2, 0.25) is 0 Å². The molecule has 2 aliphatic rings. The highest BCUT2D eigenvalue weighted by molar-refractivity contribution is 6.17. The third-order valence-electron chi connectivity index (χ3n) is 5.33. The van der Waals surface area contributed by atoms with Gasteiger partial charge in [0, 0.05) is 50.1 Å². The highest BCUT2D eigenvalue weighted by Gasteiger charge is 2.38. The van der Waals surface area contributed by atoms with Crippen molar-refractivity contribution in [3.05, 3.63) is 30.3 Å². The molecule has 146 valence electrons. The molecule has 3 amide bonds. The predicted octanol–water partition coefficient (Wildman–Crippen LogP) is 2.02. The molecular formula is C20H26ClN3O3. The highest BCUT2D eigenvalue weighted by atomic mass is 35.5. The molecule has 27 heavy (non-hydrogen) atoms. The lowest BCUT2D eigenvalue weighted by atomic mass is 9.94. The Bertz CT molecular complexity index is 674. The van der Waals surface area contributed by atoms with Gasteiger partial charge >= 0.3 is 0 Å². The van der Waals surface area contributed by atoms with Crippen molar-refractivity contribution in [2.24, 2.45) is 11.8 Å². The lowest BCUT2D eigenvalue weighted by Crippen LogP contribution is -2.45. The monoisotopic (exact) mass is 391 g/mol. The summed E-state index contributed by atoms with van der Waals surface area (Å²) in [4.78, 5) is 40.8. The molecule has 6 nitrogen and oxygen atoms in total. The molecule has 0 spiro atoms. The molecular weight excluding hydrogens is 366 g/mol. The van der Waals surface area contributed by atoms with Crippen LogP contribution in [0.1, 0.15) is 25.7 Å². The van der Waals surface area contributed by atoms with Crippen LogP contribution in [0.4, 0.5) is 5.69 Å². The van der Waals surface area contributed by atoms with Gasteiger partial charge < -0.3 is 15.1 Å². The van der Waals surface area contributed by atoms with Crippen LogP contribution < -0.4 is 10.2 Å². The van der Waals surface area contributed by atoms with Gasteiger partial charge in [0.1, 0.15) is 0 Å². The van der Waals surface area contributed by atoms with Crippen molar-refractivity contribution in [2.45, 2.75) is 25.7 Å². The maximum absolute atomic E-state index is 12.8. The van der Waals surface area contributed by atoms with Gasteiger partial charge in [0.05, 0.1) is 5.92 Å². The molecule has 0 aliphatic carbocycles. The minimum absolute atomic E-state index is 0.00638. The second-order valence-corrected chi connectivity index (χ2v) is 7.55. The molecule has 1 aromatic rings. The number of hydrogen-bond donors (Lipinski definition) is 1. The van der Waals surface area contributed by atoms with E-state index in [4.69, 9.17) is 11.6 Å². The van der Waals surface area contributed by atoms with Crippen molar-refractivity contribution in [1.82, 2.24) is 10.2 Å². The van der Waals surface area contributed by atoms with Gasteiger partial charge in [-0.3, -0.25) is 14.4 Å². The van der Waals surface area contributed by atoms with Crippen LogP contribution in [0, 0.1) is 11.8 Å². The number of nitrogens with one attached hydrogen (secondary N) is 1. The first-order valence-corrected chi connectivity index (χ1v) is 10.1. The average molecular weight is 392 g/mol. The summed E-state index contributed by atoms with van der Waals surface area (Å²) in [5.74, 6) is 0.268. The number of benzene rings is 1. The Morgan fingerprint density at radius 1 is 1.11 bits per heavy atom. The summed E-state index contributed by atoms with van der Waals surface area (Å²) in [6.07, 6.45) is 2.36. The molecule has 1 atom stereocenters. The predicted molar refractivity (Wildman–Crippen MR) is 105 cm³/mol. The van der Waals surface area contributed by atoms with Gasteiger partial charge in [-0.1, -0.05) is 18.2 Å². The second kappa shape index (κ2) is 9.22. The maximum Gasteiger partial charge on any atom is 0.228 e. The zero-order valence-electron chi connectivity index (χ0n) is 15.4. The van der Waals surface area contributed by atoms with E-state index in [-0.39, 0.29) is 36.0 Å². The van der Waals surface area contributed by atoms with E-state index in [0.29, 0.717) is 44.9 Å². The first-order chi connectivity index (χ1) is 13.1. The van der Waals surface area contributed by atoms with Crippen LogP contribution in [0.25, 0.3) is 0 Å². The summed E-state index contributed by atoms with van der Waals surface area (Å²) in [6, 6.07) is 9.46. The van der Waals surface area contributed by atoms with Crippen molar-refractivity contribution in [1.29, 1.82) is 0 Å². The first kappa shape index (κ1) is 19.7. The molecule has 2 aliphatic heterocycles. The van der Waals surface area contributed by atoms with Gasteiger partial charge in [0.25, 0.3) is 0 Å². The molecule has 1 aromatic carbocycles. The number of carbonyl (C=O) groups is 3. The number of hydrogen-bond acceptors (Lipinski definition) is 3. The van der Waals surface area contributed by atoms with Crippen molar-refractivity contribution < 1.29 is 14.4 Å². The van der Waals surface area contributed by atoms with Crippen LogP contribution >= 0.6 is 11.6 Å². The summed E-state index contributed by atoms with van der Waals surface area (Å²) in [5.41, 5.74) is 0.838. The fourth-order valence-electron chi connectivity index (χ4n) is 3.77. The third-order valence-corrected chi connectivity index (χ3v) is 5.60. The Morgan fingerprint density at radius 3 is 2.48 bits per heavy atom. The number of anilines is 1. The molecule has 0 saturated carbocycles. The molecule has 1 N–H and O–H groups in total. The van der Waals surface area contributed by atoms with Gasteiger partial charge in [0.15, 0.2) is 0 Å². The van der Waals surface area contributed by atoms with Gasteiger partial charge in [-0.25, -0.2) is 0 Å². The standard InChI is InChI=1S/C20H26ClN3O3/c21-9-4-10-22-19(26)15-7-11-23(12-8-15)20(27)16-13-18(25)24(14-16)17-5-2-1-3-6-17/h1-3,5-6,15-16H,4,7-14H2,(H,22,26). The van der Waals surface area contributed by atoms with Crippen LogP contribution in [-0.4, -0.2) is 54.7 Å². The summed E-state index contributed by atoms with van der Waals surface area (Å²) in [7, 11) is 0. The summed E-state index contributed by atoms with van der Waals surface area (Å²) >= 11 is 5.62. The summed E-state index contributed by atoms with van der Waals surface area (Å²) in [6.45, 7) is 2.17. The Balaban J connectivity index is 1.50. The largest absolute Gasteiger partial charge is 0.356 e. The number of alkyl halides is 1. The van der Waals surface area contributed by atoms with E-state index in [9.17, 15) is 14.4 Å². The van der Waals surface area contributed by atoms with Gasteiger partial charge in [-0.2, -0.15) is 0 Å². The third kappa shape index (κ3) is 4.80. The number of carbonyl (C=O) groups excluding carboxylic acids is 3. The fraction of sp³-hybridized carbons (Fsp3) is 0.550. The average Bonchev–Trinajstić information content (AvgIpc) is 3.10. The number of para-hydroxylation sites is 1. The molecule has 3 rings (SSSR count). The number of halogens is 1. The van der Waals surface area contributed by atoms with E-state index in [2.05, 4.69) is 5.32 Å². The van der Waals surface area contributed by atoms with E-state index in [1.54, 1.807) is 4.90 Å². The number of likely N-dealkylation sites (tertiary alicyclic amines) is 1. The summed E-state index contributed by atoms with van der Waals surface area (Å²) in [5, 5.41) is 2.90. The Hall–Kier alpha value is -2.08. The maximum atomic E-state index is 12.8. The van der Waals surface area contributed by atoms with Crippen LogP contribution in [0.5, 0.6) is 0 Å². The van der Waals surface area contributed by atoms with Crippen molar-refractivity contribution in [3.8, 4) is 0 Å². The van der Waals surface area contributed by atoms with Crippen LogP contribution in [-0.2, 0) is 14.4 Å². The SMILES string of the molecule is O=C(NCCCCl)C1CCN(C(=O)C2CC(=O)N(c3ccccc3)C2)CC1. The lowest BCUT2D eigenvalue weighted by molar-refractivity contribution is -0.139. The van der Waals surface area contributed by atoms with E-state index < -0.39 is 0 Å². The Kier molecular flexibility index (Phi) is 6.72. The normalized spacial score (nSPS) is 20.8. The van der Waals surface area contributed by atoms with E-state index in [1.807, 2.05) is 35.2 Å². The van der Waals surface area contributed by atoms with Gasteiger partial charge in [0.2, 0.25) is 17.7 Å². The molecule has 1 unspecified atom stereocenters. The first-order valence-electron chi connectivity index (χ1n) is 9.58. The minimum atomic E-state index is -0.299. The Labute approximate surface area is 164 Å². The quantitative estimate of drug-likeness (QED) is 0.595. The zero-order valence-corrected chi connectivity index (χ0v) is 16.2. The summed E-state index contributed by atoms with van der Waals surface area (Å²) < 4.78 is 0. The van der Waals surface area contributed by atoms with E-state index in [1.165, 1.54) is 0 Å². The van der Waals surface area contributed by atoms with Crippen molar-refractivity contribution in [3.63, 3.8) is 0 Å². The number of amides is 3. The van der Waals surface area contributed by atoms with Gasteiger partial charge in [-0.15, -0.1) is 11.6 Å². The van der Waals surface area contributed by atoms with Crippen molar-refractivity contribution >= 4 is 35.0 Å². The Morgan fingerprint density at radius 2 is 1.81 bits per heavy atom. The molecule has 2 heterocycles. The van der Waals surface area contributed by atoms with E-state index >= 15 is 0 Å². The molecule has 0 aromatic heterocycles. The second-order valence-electron chi connectivity index (χ2n) is 7.17. The number of nitrogens with zero attached hydrogens (tertiary/aromatic N) is 2. The van der Waals surface area contributed by atoms with E-state index in [0.717, 1.165) is 12.1 Å². The molecule has 7 heteroatoms. The topological polar surface area (TPSA) is 69.7 Å². The lowest BCUT2D eigenvalue weighted by Gasteiger charge is -2.33. The van der Waals surface area contributed by atoms with Crippen LogP contribution in [0.15, 0.2) is 30.3 Å². The van der Waals surface area contributed by atoms with Crippen LogP contribution in [0.3, 0.4) is 0 Å². The smallest absolute Gasteiger partial charge is 0.228 e. The fourth-order valence-corrected chi connectivity index (χ4v) is 3.91. The molecule has 0 bridgehead atoms. The van der Waals surface area contributed by atoms with Gasteiger partial charge in [-0.05, 0) is 31.4 Å². The number of rotatable bonds is 6. The molecule has 2 saturated heterocycles. The minimum Gasteiger partial charge on any atom is -0.356 e. The highest BCUT2D eigenvalue weighted by Crippen LogP contribution is 2.27. The zero-order chi connectivity index (χ0) is 19.2. The molecule has 2 fully saturated rings. The van der Waals surface area contributed by atoms with Crippen molar-refractivity contribution in [2.75, 3.05) is 37.0 Å². The number of piperidine rings is 1.